The van der Waals surface area contributed by atoms with Gasteiger partial charge in [0.15, 0.2) is 6.10 Å². The summed E-state index contributed by atoms with van der Waals surface area (Å²) < 4.78 is 10.00. The zero-order valence-corrected chi connectivity index (χ0v) is 10.00. The van der Waals surface area contributed by atoms with Gasteiger partial charge in [-0.25, -0.2) is 9.78 Å². The van der Waals surface area contributed by atoms with Gasteiger partial charge in [-0.3, -0.25) is 0 Å². The second kappa shape index (κ2) is 5.47. The van der Waals surface area contributed by atoms with Crippen LogP contribution in [-0.4, -0.2) is 43.9 Å². The fourth-order valence-corrected chi connectivity index (χ4v) is 1.80. The first-order valence-electron chi connectivity index (χ1n) is 5.55. The molecule has 0 bridgehead atoms. The van der Waals surface area contributed by atoms with E-state index >= 15 is 0 Å². The molecule has 0 aromatic carbocycles. The van der Waals surface area contributed by atoms with Crippen LogP contribution in [0.4, 0.5) is 5.69 Å². The van der Waals surface area contributed by atoms with Crippen LogP contribution in [0.2, 0.25) is 0 Å². The van der Waals surface area contributed by atoms with E-state index in [-0.39, 0.29) is 5.97 Å². The predicted molar refractivity (Wildman–Crippen MR) is 62.9 cm³/mol. The third-order valence-corrected chi connectivity index (χ3v) is 2.76. The van der Waals surface area contributed by atoms with E-state index in [4.69, 9.17) is 10.00 Å². The van der Waals surface area contributed by atoms with Gasteiger partial charge in [0.05, 0.1) is 32.1 Å². The molecule has 6 nitrogen and oxygen atoms in total. The van der Waals surface area contributed by atoms with Gasteiger partial charge < -0.3 is 14.4 Å². The molecule has 6 heteroatoms. The van der Waals surface area contributed by atoms with Gasteiger partial charge in [0.25, 0.3) is 0 Å². The molecule has 0 amide bonds. The van der Waals surface area contributed by atoms with Crippen molar-refractivity contribution in [2.45, 2.75) is 6.10 Å². The topological polar surface area (TPSA) is 75.5 Å². The Morgan fingerprint density at radius 1 is 1.67 bits per heavy atom. The molecule has 2 rings (SSSR count). The van der Waals surface area contributed by atoms with Crippen molar-refractivity contribution in [1.29, 1.82) is 5.26 Å². The summed E-state index contributed by atoms with van der Waals surface area (Å²) in [5.41, 5.74) is 1.24. The van der Waals surface area contributed by atoms with Gasteiger partial charge in [0.1, 0.15) is 11.8 Å². The summed E-state index contributed by atoms with van der Waals surface area (Å²) in [6.45, 7) is 1.57. The molecule has 1 unspecified atom stereocenters. The van der Waals surface area contributed by atoms with Crippen molar-refractivity contribution in [2.75, 3.05) is 31.7 Å². The number of methoxy groups -OCH3 is 1. The third-order valence-electron chi connectivity index (χ3n) is 2.76. The van der Waals surface area contributed by atoms with Crippen LogP contribution in [-0.2, 0) is 14.3 Å². The number of carbonyl (C=O) groups is 1. The summed E-state index contributed by atoms with van der Waals surface area (Å²) in [7, 11) is 1.34. The van der Waals surface area contributed by atoms with E-state index in [0.717, 1.165) is 5.69 Å². The molecule has 1 aromatic heterocycles. The molecule has 94 valence electrons. The standard InChI is InChI=1S/C12H13N3O3/c1-17-12(16)11-8-15(4-5-18-11)10-3-2-9(6-13)14-7-10/h2-3,7,11H,4-5,8H2,1H3. The minimum absolute atomic E-state index is 0.372. The van der Waals surface area contributed by atoms with Gasteiger partial charge in [-0.1, -0.05) is 0 Å². The molecule has 1 atom stereocenters. The zero-order valence-electron chi connectivity index (χ0n) is 10.00. The second-order valence-corrected chi connectivity index (χ2v) is 3.84. The molecule has 1 aromatic rings. The van der Waals surface area contributed by atoms with Crippen molar-refractivity contribution in [3.63, 3.8) is 0 Å². The molecule has 0 radical (unpaired) electrons. The van der Waals surface area contributed by atoms with Gasteiger partial charge in [-0.05, 0) is 12.1 Å². The van der Waals surface area contributed by atoms with Crippen LogP contribution in [0.3, 0.4) is 0 Å². The maximum absolute atomic E-state index is 11.4. The summed E-state index contributed by atoms with van der Waals surface area (Å²) in [4.78, 5) is 17.4. The van der Waals surface area contributed by atoms with Crippen LogP contribution in [0, 0.1) is 11.3 Å². The molecule has 18 heavy (non-hydrogen) atoms. The SMILES string of the molecule is COC(=O)C1CN(c2ccc(C#N)nc2)CCO1. The Bertz CT molecular complexity index is 466. The maximum atomic E-state index is 11.4. The summed E-state index contributed by atoms with van der Waals surface area (Å²) >= 11 is 0. The maximum Gasteiger partial charge on any atom is 0.336 e. The number of rotatable bonds is 2. The third kappa shape index (κ3) is 2.57. The molecular formula is C12H13N3O3. The van der Waals surface area contributed by atoms with Crippen LogP contribution in [0.25, 0.3) is 0 Å². The average molecular weight is 247 g/mol. The molecule has 1 fully saturated rings. The molecule has 1 aliphatic heterocycles. The molecule has 1 aliphatic rings. The fourth-order valence-electron chi connectivity index (χ4n) is 1.80. The number of esters is 1. The lowest BCUT2D eigenvalue weighted by molar-refractivity contribution is -0.154. The van der Waals surface area contributed by atoms with E-state index in [9.17, 15) is 4.79 Å². The fraction of sp³-hybridized carbons (Fsp3) is 0.417. The Balaban J connectivity index is 2.08. The van der Waals surface area contributed by atoms with E-state index in [2.05, 4.69) is 9.72 Å². The minimum atomic E-state index is -0.570. The largest absolute Gasteiger partial charge is 0.467 e. The summed E-state index contributed by atoms with van der Waals surface area (Å²) in [5, 5.41) is 8.68. The van der Waals surface area contributed by atoms with Crippen molar-refractivity contribution in [2.24, 2.45) is 0 Å². The molecule has 2 heterocycles. The Morgan fingerprint density at radius 2 is 2.50 bits per heavy atom. The highest BCUT2D eigenvalue weighted by atomic mass is 16.6. The monoisotopic (exact) mass is 247 g/mol. The van der Waals surface area contributed by atoms with Gasteiger partial charge in [0.2, 0.25) is 0 Å². The molecular weight excluding hydrogens is 234 g/mol. The van der Waals surface area contributed by atoms with Crippen molar-refractivity contribution in [1.82, 2.24) is 4.98 Å². The van der Waals surface area contributed by atoms with E-state index in [0.29, 0.717) is 25.4 Å². The number of anilines is 1. The Morgan fingerprint density at radius 3 is 3.11 bits per heavy atom. The first-order chi connectivity index (χ1) is 8.74. The first-order valence-corrected chi connectivity index (χ1v) is 5.55. The Kier molecular flexibility index (Phi) is 3.75. The summed E-state index contributed by atoms with van der Waals surface area (Å²) in [5.74, 6) is -0.374. The number of ether oxygens (including phenoxy) is 2. The highest BCUT2D eigenvalue weighted by Gasteiger charge is 2.27. The van der Waals surface area contributed by atoms with Crippen molar-refractivity contribution in [3.05, 3.63) is 24.0 Å². The minimum Gasteiger partial charge on any atom is -0.467 e. The summed E-state index contributed by atoms with van der Waals surface area (Å²) in [6, 6.07) is 5.43. The number of nitrogens with zero attached hydrogens (tertiary/aromatic N) is 3. The lowest BCUT2D eigenvalue weighted by Crippen LogP contribution is -2.46. The van der Waals surface area contributed by atoms with Crippen LogP contribution >= 0.6 is 0 Å². The van der Waals surface area contributed by atoms with E-state index in [1.807, 2.05) is 17.0 Å². The normalized spacial score (nSPS) is 19.1. The average Bonchev–Trinajstić information content (AvgIpc) is 2.46. The molecule has 0 aliphatic carbocycles. The van der Waals surface area contributed by atoms with Gasteiger partial charge in [-0.2, -0.15) is 5.26 Å². The van der Waals surface area contributed by atoms with Crippen LogP contribution in [0.1, 0.15) is 5.69 Å². The summed E-state index contributed by atoms with van der Waals surface area (Å²) in [6.07, 6.45) is 1.05. The van der Waals surface area contributed by atoms with Gasteiger partial charge in [-0.15, -0.1) is 0 Å². The molecule has 0 spiro atoms. The van der Waals surface area contributed by atoms with Crippen molar-refractivity contribution >= 4 is 11.7 Å². The van der Waals surface area contributed by atoms with E-state index in [1.165, 1.54) is 7.11 Å². The Hall–Kier alpha value is -2.13. The van der Waals surface area contributed by atoms with Gasteiger partial charge >= 0.3 is 5.97 Å². The number of pyridine rings is 1. The second-order valence-electron chi connectivity index (χ2n) is 3.84. The molecule has 0 N–H and O–H groups in total. The number of nitriles is 1. The lowest BCUT2D eigenvalue weighted by Gasteiger charge is -2.32. The van der Waals surface area contributed by atoms with Crippen LogP contribution in [0.5, 0.6) is 0 Å². The van der Waals surface area contributed by atoms with E-state index in [1.54, 1.807) is 12.3 Å². The molecule has 1 saturated heterocycles. The Labute approximate surface area is 105 Å². The van der Waals surface area contributed by atoms with Crippen molar-refractivity contribution < 1.29 is 14.3 Å². The first kappa shape index (κ1) is 12.3. The smallest absolute Gasteiger partial charge is 0.336 e. The van der Waals surface area contributed by atoms with Crippen molar-refractivity contribution in [3.8, 4) is 6.07 Å². The zero-order chi connectivity index (χ0) is 13.0. The molecule has 0 saturated carbocycles. The number of carbonyl (C=O) groups excluding carboxylic acids is 1. The quantitative estimate of drug-likeness (QED) is 0.701. The highest BCUT2D eigenvalue weighted by Crippen LogP contribution is 2.17. The number of hydrogen-bond acceptors (Lipinski definition) is 6. The number of morpholine rings is 1. The highest BCUT2D eigenvalue weighted by molar-refractivity contribution is 5.75. The number of hydrogen-bond donors (Lipinski definition) is 0. The lowest BCUT2D eigenvalue weighted by atomic mass is 10.2. The van der Waals surface area contributed by atoms with E-state index < -0.39 is 6.10 Å². The van der Waals surface area contributed by atoms with Gasteiger partial charge in [0, 0.05) is 6.54 Å². The number of aromatic nitrogens is 1. The van der Waals surface area contributed by atoms with Crippen LogP contribution < -0.4 is 4.90 Å². The van der Waals surface area contributed by atoms with Crippen LogP contribution in [0.15, 0.2) is 18.3 Å². The predicted octanol–water partition coefficient (Wildman–Crippen LogP) is 0.331.